The standard InChI is InChI=1S/C26H34N2O4/c1-26(2,3)32-25(30)23-11-8-16-28(23)24(29)22(27-4)17-19-12-14-21(15-13-19)31-18-20-9-6-5-7-10-20/h5-7,9-10,12-15,22-23,27H,8,11,16-18H2,1-4H3. The van der Waals surface area contributed by atoms with Gasteiger partial charge in [-0.05, 0) is 70.3 Å². The molecule has 32 heavy (non-hydrogen) atoms. The van der Waals surface area contributed by atoms with Crippen molar-refractivity contribution in [2.75, 3.05) is 13.6 Å². The van der Waals surface area contributed by atoms with Gasteiger partial charge < -0.3 is 19.7 Å². The molecule has 1 heterocycles. The van der Waals surface area contributed by atoms with Crippen molar-refractivity contribution in [2.45, 2.75) is 64.3 Å². The number of rotatable bonds is 8. The minimum atomic E-state index is -0.568. The lowest BCUT2D eigenvalue weighted by molar-refractivity contribution is -0.163. The van der Waals surface area contributed by atoms with Gasteiger partial charge in [0.1, 0.15) is 24.0 Å². The van der Waals surface area contributed by atoms with Gasteiger partial charge in [-0.25, -0.2) is 4.79 Å². The highest BCUT2D eigenvalue weighted by atomic mass is 16.6. The third kappa shape index (κ3) is 6.57. The molecule has 172 valence electrons. The van der Waals surface area contributed by atoms with Crippen LogP contribution in [0.2, 0.25) is 0 Å². The van der Waals surface area contributed by atoms with Crippen molar-refractivity contribution >= 4 is 11.9 Å². The third-order valence-electron chi connectivity index (χ3n) is 5.47. The molecule has 0 radical (unpaired) electrons. The van der Waals surface area contributed by atoms with Crippen LogP contribution in [0.15, 0.2) is 54.6 Å². The Hall–Kier alpha value is -2.86. The number of amides is 1. The molecule has 0 aromatic heterocycles. The first-order chi connectivity index (χ1) is 15.3. The highest BCUT2D eigenvalue weighted by molar-refractivity contribution is 5.88. The zero-order chi connectivity index (χ0) is 23.1. The van der Waals surface area contributed by atoms with Gasteiger partial charge in [0.25, 0.3) is 0 Å². The quantitative estimate of drug-likeness (QED) is 0.636. The molecule has 0 aliphatic carbocycles. The summed E-state index contributed by atoms with van der Waals surface area (Å²) in [5.41, 5.74) is 1.57. The lowest BCUT2D eigenvalue weighted by Gasteiger charge is -2.30. The molecule has 2 unspecified atom stereocenters. The van der Waals surface area contributed by atoms with E-state index in [-0.39, 0.29) is 11.9 Å². The fraction of sp³-hybridized carbons (Fsp3) is 0.462. The largest absolute Gasteiger partial charge is 0.489 e. The van der Waals surface area contributed by atoms with Crippen molar-refractivity contribution in [3.05, 3.63) is 65.7 Å². The Morgan fingerprint density at radius 2 is 1.75 bits per heavy atom. The average Bonchev–Trinajstić information content (AvgIpc) is 3.26. The lowest BCUT2D eigenvalue weighted by Crippen LogP contribution is -2.51. The third-order valence-corrected chi connectivity index (χ3v) is 5.47. The number of nitrogens with one attached hydrogen (secondary N) is 1. The monoisotopic (exact) mass is 438 g/mol. The van der Waals surface area contributed by atoms with E-state index >= 15 is 0 Å². The van der Waals surface area contributed by atoms with E-state index in [2.05, 4.69) is 5.32 Å². The van der Waals surface area contributed by atoms with Gasteiger partial charge in [-0.3, -0.25) is 4.79 Å². The Bertz CT molecular complexity index is 890. The Kier molecular flexibility index (Phi) is 7.91. The lowest BCUT2D eigenvalue weighted by atomic mass is 10.0. The smallest absolute Gasteiger partial charge is 0.329 e. The number of hydrogen-bond donors (Lipinski definition) is 1. The minimum Gasteiger partial charge on any atom is -0.489 e. The fourth-order valence-electron chi connectivity index (χ4n) is 3.86. The second-order valence-electron chi connectivity index (χ2n) is 9.19. The maximum Gasteiger partial charge on any atom is 0.329 e. The Morgan fingerprint density at radius 1 is 1.06 bits per heavy atom. The molecule has 1 amide bonds. The molecule has 2 aromatic rings. The predicted molar refractivity (Wildman–Crippen MR) is 124 cm³/mol. The van der Waals surface area contributed by atoms with Crippen LogP contribution >= 0.6 is 0 Å². The van der Waals surface area contributed by atoms with E-state index in [1.165, 1.54) is 0 Å². The van der Waals surface area contributed by atoms with Crippen molar-refractivity contribution < 1.29 is 19.1 Å². The average molecular weight is 439 g/mol. The zero-order valence-electron chi connectivity index (χ0n) is 19.5. The number of carbonyl (C=O) groups excluding carboxylic acids is 2. The summed E-state index contributed by atoms with van der Waals surface area (Å²) in [4.78, 5) is 27.5. The Balaban J connectivity index is 1.59. The first-order valence-electron chi connectivity index (χ1n) is 11.2. The zero-order valence-corrected chi connectivity index (χ0v) is 19.5. The molecule has 6 nitrogen and oxygen atoms in total. The van der Waals surface area contributed by atoms with Gasteiger partial charge in [-0.1, -0.05) is 42.5 Å². The van der Waals surface area contributed by atoms with Crippen LogP contribution in [0.25, 0.3) is 0 Å². The van der Waals surface area contributed by atoms with Crippen LogP contribution in [-0.4, -0.2) is 48.1 Å². The van der Waals surface area contributed by atoms with Crippen molar-refractivity contribution in [1.29, 1.82) is 0 Å². The van der Waals surface area contributed by atoms with Crippen molar-refractivity contribution in [1.82, 2.24) is 10.2 Å². The second-order valence-corrected chi connectivity index (χ2v) is 9.19. The van der Waals surface area contributed by atoms with Gasteiger partial charge in [-0.2, -0.15) is 0 Å². The van der Waals surface area contributed by atoms with Gasteiger partial charge in [-0.15, -0.1) is 0 Å². The van der Waals surface area contributed by atoms with Gasteiger partial charge in [0.05, 0.1) is 6.04 Å². The number of ether oxygens (including phenoxy) is 2. The number of likely N-dealkylation sites (N-methyl/N-ethyl adjacent to an activating group) is 1. The van der Waals surface area contributed by atoms with Gasteiger partial charge >= 0.3 is 5.97 Å². The van der Waals surface area contributed by atoms with E-state index < -0.39 is 17.7 Å². The van der Waals surface area contributed by atoms with Crippen LogP contribution in [0.1, 0.15) is 44.7 Å². The number of likely N-dealkylation sites (tertiary alicyclic amines) is 1. The fourth-order valence-corrected chi connectivity index (χ4v) is 3.86. The molecule has 1 fully saturated rings. The van der Waals surface area contributed by atoms with Gasteiger partial charge in [0.15, 0.2) is 0 Å². The number of carbonyl (C=O) groups is 2. The highest BCUT2D eigenvalue weighted by Gasteiger charge is 2.38. The molecular weight excluding hydrogens is 404 g/mol. The van der Waals surface area contributed by atoms with Gasteiger partial charge in [0.2, 0.25) is 5.91 Å². The summed E-state index contributed by atoms with van der Waals surface area (Å²) in [5, 5.41) is 3.12. The van der Waals surface area contributed by atoms with E-state index in [0.29, 0.717) is 26.0 Å². The maximum atomic E-state index is 13.2. The van der Waals surface area contributed by atoms with Crippen LogP contribution in [0.5, 0.6) is 5.75 Å². The molecular formula is C26H34N2O4. The molecule has 2 aromatic carbocycles. The first kappa shape index (κ1) is 23.8. The van der Waals surface area contributed by atoms with Gasteiger partial charge in [0, 0.05) is 6.54 Å². The van der Waals surface area contributed by atoms with Crippen LogP contribution in [0, 0.1) is 0 Å². The molecule has 1 N–H and O–H groups in total. The Morgan fingerprint density at radius 3 is 2.38 bits per heavy atom. The van der Waals surface area contributed by atoms with E-state index in [9.17, 15) is 9.59 Å². The molecule has 0 saturated carbocycles. The summed E-state index contributed by atoms with van der Waals surface area (Å²) in [7, 11) is 1.78. The number of nitrogens with zero attached hydrogens (tertiary/aromatic N) is 1. The number of hydrogen-bond acceptors (Lipinski definition) is 5. The highest BCUT2D eigenvalue weighted by Crippen LogP contribution is 2.23. The molecule has 0 bridgehead atoms. The van der Waals surface area contributed by atoms with E-state index in [1.54, 1.807) is 11.9 Å². The topological polar surface area (TPSA) is 67.9 Å². The van der Waals surface area contributed by atoms with E-state index in [1.807, 2.05) is 75.4 Å². The van der Waals surface area contributed by atoms with Crippen LogP contribution in [-0.2, 0) is 27.4 Å². The normalized spacial score (nSPS) is 17.1. The van der Waals surface area contributed by atoms with Crippen LogP contribution in [0.3, 0.4) is 0 Å². The molecule has 0 spiro atoms. The second kappa shape index (κ2) is 10.6. The summed E-state index contributed by atoms with van der Waals surface area (Å²) in [5.74, 6) is 0.401. The summed E-state index contributed by atoms with van der Waals surface area (Å²) in [6, 6.07) is 16.9. The molecule has 6 heteroatoms. The molecule has 3 rings (SSSR count). The van der Waals surface area contributed by atoms with Crippen molar-refractivity contribution in [2.24, 2.45) is 0 Å². The molecule has 1 saturated heterocycles. The van der Waals surface area contributed by atoms with Crippen molar-refractivity contribution in [3.63, 3.8) is 0 Å². The van der Waals surface area contributed by atoms with Crippen LogP contribution < -0.4 is 10.1 Å². The Labute approximate surface area is 190 Å². The molecule has 1 aliphatic rings. The van der Waals surface area contributed by atoms with E-state index in [4.69, 9.17) is 9.47 Å². The van der Waals surface area contributed by atoms with Crippen molar-refractivity contribution in [3.8, 4) is 5.75 Å². The minimum absolute atomic E-state index is 0.0646. The van der Waals surface area contributed by atoms with Crippen LogP contribution in [0.4, 0.5) is 0 Å². The molecule has 2 atom stereocenters. The predicted octanol–water partition coefficient (Wildman–Crippen LogP) is 3.73. The summed E-state index contributed by atoms with van der Waals surface area (Å²) in [6.45, 7) is 6.62. The van der Waals surface area contributed by atoms with E-state index in [0.717, 1.165) is 23.3 Å². The molecule has 1 aliphatic heterocycles. The maximum absolute atomic E-state index is 13.2. The first-order valence-corrected chi connectivity index (χ1v) is 11.2. The number of esters is 1. The SMILES string of the molecule is CNC(Cc1ccc(OCc2ccccc2)cc1)C(=O)N1CCCC1C(=O)OC(C)(C)C. The number of benzene rings is 2. The summed E-state index contributed by atoms with van der Waals surface area (Å²) >= 11 is 0. The summed E-state index contributed by atoms with van der Waals surface area (Å²) in [6.07, 6.45) is 1.98. The summed E-state index contributed by atoms with van der Waals surface area (Å²) < 4.78 is 11.4.